The lowest BCUT2D eigenvalue weighted by molar-refractivity contribution is -0.146. The summed E-state index contributed by atoms with van der Waals surface area (Å²) in [5, 5.41) is 12.8. The van der Waals surface area contributed by atoms with Crippen molar-refractivity contribution >= 4 is 40.2 Å². The monoisotopic (exact) mass is 450 g/mol. The number of carbonyl (C=O) groups is 4. The Kier molecular flexibility index (Phi) is 7.55. The quantitative estimate of drug-likeness (QED) is 0.339. The summed E-state index contributed by atoms with van der Waals surface area (Å²) in [6, 6.07) is 13.6. The van der Waals surface area contributed by atoms with Gasteiger partial charge in [0.2, 0.25) is 11.7 Å². The maximum atomic E-state index is 12.5. The standard InChI is InChI=1S/C24H26N4O5/c1-14(2)23(31)26-17-10-8-16(9-11-17)22(30)15(3)33-20(29)12-13-25-24(32)21-18-6-4-5-7-19(18)27-28-21/h4-11,14-15H,12-13H2,1-3H3,(H,25,32)(H,26,31)(H,27,28). The van der Waals surface area contributed by atoms with Gasteiger partial charge in [-0.15, -0.1) is 0 Å². The van der Waals surface area contributed by atoms with Crippen molar-refractivity contribution in [2.24, 2.45) is 5.92 Å². The first-order chi connectivity index (χ1) is 15.8. The molecule has 1 unspecified atom stereocenters. The second-order valence-corrected chi connectivity index (χ2v) is 7.84. The fraction of sp³-hybridized carbons (Fsp3) is 0.292. The molecular formula is C24H26N4O5. The van der Waals surface area contributed by atoms with Crippen molar-refractivity contribution in [3.05, 3.63) is 59.8 Å². The van der Waals surface area contributed by atoms with Crippen LogP contribution in [0.5, 0.6) is 0 Å². The predicted octanol–water partition coefficient (Wildman–Crippen LogP) is 3.09. The van der Waals surface area contributed by atoms with Crippen LogP contribution in [0, 0.1) is 5.92 Å². The van der Waals surface area contributed by atoms with Gasteiger partial charge in [-0.1, -0.05) is 32.0 Å². The van der Waals surface area contributed by atoms with E-state index in [9.17, 15) is 19.2 Å². The number of anilines is 1. The molecular weight excluding hydrogens is 424 g/mol. The molecule has 0 aliphatic carbocycles. The number of rotatable bonds is 9. The average Bonchev–Trinajstić information content (AvgIpc) is 3.23. The highest BCUT2D eigenvalue weighted by molar-refractivity contribution is 6.04. The van der Waals surface area contributed by atoms with E-state index in [2.05, 4.69) is 20.8 Å². The molecule has 9 heteroatoms. The van der Waals surface area contributed by atoms with Crippen molar-refractivity contribution in [1.82, 2.24) is 15.5 Å². The Labute approximate surface area is 190 Å². The van der Waals surface area contributed by atoms with Crippen molar-refractivity contribution in [2.45, 2.75) is 33.3 Å². The Bertz CT molecular complexity index is 1170. The van der Waals surface area contributed by atoms with Crippen molar-refractivity contribution < 1.29 is 23.9 Å². The van der Waals surface area contributed by atoms with E-state index in [1.54, 1.807) is 50.2 Å². The maximum absolute atomic E-state index is 12.5. The van der Waals surface area contributed by atoms with Gasteiger partial charge in [-0.05, 0) is 37.3 Å². The molecule has 1 aromatic heterocycles. The van der Waals surface area contributed by atoms with Crippen LogP contribution >= 0.6 is 0 Å². The fourth-order valence-corrected chi connectivity index (χ4v) is 3.05. The molecule has 1 atom stereocenters. The number of aromatic nitrogens is 2. The molecule has 0 aliphatic heterocycles. The van der Waals surface area contributed by atoms with Gasteiger partial charge in [0, 0.05) is 29.1 Å². The minimum absolute atomic E-state index is 0.0456. The zero-order valence-corrected chi connectivity index (χ0v) is 18.7. The van der Waals surface area contributed by atoms with Crippen LogP contribution in [0.1, 0.15) is 48.0 Å². The maximum Gasteiger partial charge on any atom is 0.308 e. The number of para-hydroxylation sites is 1. The van der Waals surface area contributed by atoms with E-state index >= 15 is 0 Å². The highest BCUT2D eigenvalue weighted by atomic mass is 16.5. The molecule has 0 fully saturated rings. The van der Waals surface area contributed by atoms with Crippen LogP contribution < -0.4 is 10.6 Å². The number of Topliss-reactive ketones (excluding diaryl/α,β-unsaturated/α-hetero) is 1. The topological polar surface area (TPSA) is 130 Å². The summed E-state index contributed by atoms with van der Waals surface area (Å²) in [7, 11) is 0. The van der Waals surface area contributed by atoms with Gasteiger partial charge in [0.25, 0.3) is 5.91 Å². The van der Waals surface area contributed by atoms with E-state index < -0.39 is 18.0 Å². The van der Waals surface area contributed by atoms with E-state index in [0.29, 0.717) is 16.6 Å². The SMILES string of the molecule is CC(C)C(=O)Nc1ccc(C(=O)C(C)OC(=O)CCNC(=O)c2n[nH]c3ccccc23)cc1. The molecule has 2 amide bonds. The number of benzene rings is 2. The van der Waals surface area contributed by atoms with Gasteiger partial charge in [-0.25, -0.2) is 0 Å². The Morgan fingerprint density at radius 3 is 2.39 bits per heavy atom. The normalized spacial score (nSPS) is 11.8. The van der Waals surface area contributed by atoms with Crippen LogP contribution in [0.3, 0.4) is 0 Å². The first kappa shape index (κ1) is 23.6. The number of hydrogen-bond acceptors (Lipinski definition) is 6. The summed E-state index contributed by atoms with van der Waals surface area (Å²) in [4.78, 5) is 48.7. The molecule has 9 nitrogen and oxygen atoms in total. The highest BCUT2D eigenvalue weighted by Gasteiger charge is 2.20. The lowest BCUT2D eigenvalue weighted by atomic mass is 10.1. The zero-order valence-electron chi connectivity index (χ0n) is 18.7. The third kappa shape index (κ3) is 6.03. The molecule has 0 spiro atoms. The van der Waals surface area contributed by atoms with Gasteiger partial charge in [0.1, 0.15) is 0 Å². The van der Waals surface area contributed by atoms with E-state index in [4.69, 9.17) is 4.74 Å². The first-order valence-corrected chi connectivity index (χ1v) is 10.6. The summed E-state index contributed by atoms with van der Waals surface area (Å²) in [6.45, 7) is 5.11. The highest BCUT2D eigenvalue weighted by Crippen LogP contribution is 2.15. The number of H-pyrrole nitrogens is 1. The smallest absolute Gasteiger partial charge is 0.308 e. The number of aromatic amines is 1. The second-order valence-electron chi connectivity index (χ2n) is 7.84. The molecule has 0 bridgehead atoms. The van der Waals surface area contributed by atoms with Crippen molar-refractivity contribution in [2.75, 3.05) is 11.9 Å². The van der Waals surface area contributed by atoms with Crippen molar-refractivity contribution in [3.63, 3.8) is 0 Å². The van der Waals surface area contributed by atoms with Gasteiger partial charge in [-0.3, -0.25) is 24.3 Å². The number of esters is 1. The minimum atomic E-state index is -0.986. The van der Waals surface area contributed by atoms with Gasteiger partial charge in [0.15, 0.2) is 11.8 Å². The zero-order chi connectivity index (χ0) is 24.0. The predicted molar refractivity (Wildman–Crippen MR) is 123 cm³/mol. The number of nitrogens with one attached hydrogen (secondary N) is 3. The van der Waals surface area contributed by atoms with Crippen LogP contribution in [-0.2, 0) is 14.3 Å². The van der Waals surface area contributed by atoms with Crippen LogP contribution in [0.15, 0.2) is 48.5 Å². The lowest BCUT2D eigenvalue weighted by Crippen LogP contribution is -2.29. The minimum Gasteiger partial charge on any atom is -0.454 e. The number of amides is 2. The van der Waals surface area contributed by atoms with Crippen molar-refractivity contribution in [3.8, 4) is 0 Å². The summed E-state index contributed by atoms with van der Waals surface area (Å²) in [5.74, 6) is -1.66. The average molecular weight is 450 g/mol. The Morgan fingerprint density at radius 1 is 1.00 bits per heavy atom. The summed E-state index contributed by atoms with van der Waals surface area (Å²) in [5.41, 5.74) is 1.92. The molecule has 0 saturated carbocycles. The molecule has 0 aliphatic rings. The molecule has 0 saturated heterocycles. The Balaban J connectivity index is 1.46. The number of hydrogen-bond donors (Lipinski definition) is 3. The van der Waals surface area contributed by atoms with Crippen molar-refractivity contribution in [1.29, 1.82) is 0 Å². The van der Waals surface area contributed by atoms with Crippen LogP contribution in [0.4, 0.5) is 5.69 Å². The van der Waals surface area contributed by atoms with E-state index in [1.807, 2.05) is 12.1 Å². The van der Waals surface area contributed by atoms with Crippen LogP contribution in [0.2, 0.25) is 0 Å². The summed E-state index contributed by atoms with van der Waals surface area (Å²) >= 11 is 0. The molecule has 0 radical (unpaired) electrons. The first-order valence-electron chi connectivity index (χ1n) is 10.6. The van der Waals surface area contributed by atoms with E-state index in [1.165, 1.54) is 6.92 Å². The summed E-state index contributed by atoms with van der Waals surface area (Å²) < 4.78 is 5.20. The molecule has 3 aromatic rings. The van der Waals surface area contributed by atoms with Gasteiger partial charge in [-0.2, -0.15) is 5.10 Å². The van der Waals surface area contributed by atoms with E-state index in [-0.39, 0.29) is 36.3 Å². The van der Waals surface area contributed by atoms with Gasteiger partial charge >= 0.3 is 5.97 Å². The van der Waals surface area contributed by atoms with Gasteiger partial charge in [0.05, 0.1) is 11.9 Å². The fourth-order valence-electron chi connectivity index (χ4n) is 3.05. The number of carbonyl (C=O) groups excluding carboxylic acids is 4. The number of ketones is 1. The number of fused-ring (bicyclic) bond motifs is 1. The molecule has 172 valence electrons. The number of ether oxygens (including phenoxy) is 1. The van der Waals surface area contributed by atoms with Crippen LogP contribution in [-0.4, -0.2) is 46.4 Å². The Hall–Kier alpha value is -4.01. The van der Waals surface area contributed by atoms with Crippen LogP contribution in [0.25, 0.3) is 10.9 Å². The largest absolute Gasteiger partial charge is 0.454 e. The van der Waals surface area contributed by atoms with E-state index in [0.717, 1.165) is 5.52 Å². The number of nitrogens with zero attached hydrogens (tertiary/aromatic N) is 1. The third-order valence-electron chi connectivity index (χ3n) is 4.94. The molecule has 3 N–H and O–H groups in total. The molecule has 33 heavy (non-hydrogen) atoms. The molecule has 1 heterocycles. The third-order valence-corrected chi connectivity index (χ3v) is 4.94. The Morgan fingerprint density at radius 2 is 1.70 bits per heavy atom. The van der Waals surface area contributed by atoms with Gasteiger partial charge < -0.3 is 15.4 Å². The lowest BCUT2D eigenvalue weighted by Gasteiger charge is -2.13. The summed E-state index contributed by atoms with van der Waals surface area (Å²) in [6.07, 6.45) is -1.08. The second kappa shape index (κ2) is 10.5. The molecule has 2 aromatic carbocycles. The molecule has 3 rings (SSSR count).